The van der Waals surface area contributed by atoms with Crippen LogP contribution in [0, 0.1) is 0 Å². The van der Waals surface area contributed by atoms with Crippen molar-refractivity contribution in [3.8, 4) is 0 Å². The first-order chi connectivity index (χ1) is 5.59. The largest absolute Gasteiger partial charge is 0.393 e. The van der Waals surface area contributed by atoms with Gasteiger partial charge in [0.05, 0.1) is 11.4 Å². The van der Waals surface area contributed by atoms with Crippen molar-refractivity contribution in [2.75, 3.05) is 0 Å². The zero-order chi connectivity index (χ0) is 9.14. The summed E-state index contributed by atoms with van der Waals surface area (Å²) in [7, 11) is 0. The molecule has 0 aliphatic rings. The highest BCUT2D eigenvalue weighted by molar-refractivity contribution is 7.80. The van der Waals surface area contributed by atoms with Crippen molar-refractivity contribution < 1.29 is 4.52 Å². The number of aromatic nitrogens is 2. The van der Waals surface area contributed by atoms with E-state index in [2.05, 4.69) is 10.1 Å². The lowest BCUT2D eigenvalue weighted by atomic mass is 10.2. The van der Waals surface area contributed by atoms with Gasteiger partial charge in [-0.1, -0.05) is 31.2 Å². The Kier molecular flexibility index (Phi) is 2.75. The second kappa shape index (κ2) is 3.62. The topological polar surface area (TPSA) is 64.9 Å². The summed E-state index contributed by atoms with van der Waals surface area (Å²) >= 11 is 4.70. The van der Waals surface area contributed by atoms with E-state index in [4.69, 9.17) is 22.5 Å². The standard InChI is InChI=1S/C7H11N3OS/c1-4(2)7-9-6(11-10-7)3-5(8)12/h4H,3H2,1-2H3,(H2,8,12). The maximum absolute atomic E-state index is 5.31. The Labute approximate surface area is 76.1 Å². The maximum Gasteiger partial charge on any atom is 0.233 e. The average Bonchev–Trinajstić information content (AvgIpc) is 2.34. The summed E-state index contributed by atoms with van der Waals surface area (Å²) in [5.41, 5.74) is 5.31. The SMILES string of the molecule is CC(C)c1noc(CC(N)=S)n1. The van der Waals surface area contributed by atoms with Crippen molar-refractivity contribution in [1.82, 2.24) is 10.1 Å². The van der Waals surface area contributed by atoms with E-state index in [-0.39, 0.29) is 5.92 Å². The van der Waals surface area contributed by atoms with E-state index in [9.17, 15) is 0 Å². The van der Waals surface area contributed by atoms with Gasteiger partial charge in [-0.2, -0.15) is 4.98 Å². The Balaban J connectivity index is 2.70. The molecule has 0 aliphatic carbocycles. The quantitative estimate of drug-likeness (QED) is 0.712. The molecule has 1 heterocycles. The minimum absolute atomic E-state index is 0.272. The summed E-state index contributed by atoms with van der Waals surface area (Å²) in [6, 6.07) is 0. The van der Waals surface area contributed by atoms with Gasteiger partial charge in [-0.05, 0) is 0 Å². The average molecular weight is 185 g/mol. The Bertz CT molecular complexity index is 282. The van der Waals surface area contributed by atoms with Gasteiger partial charge < -0.3 is 10.3 Å². The monoisotopic (exact) mass is 185 g/mol. The van der Waals surface area contributed by atoms with Crippen molar-refractivity contribution in [3.63, 3.8) is 0 Å². The minimum Gasteiger partial charge on any atom is -0.393 e. The fourth-order valence-electron chi connectivity index (χ4n) is 0.723. The number of nitrogens with zero attached hydrogens (tertiary/aromatic N) is 2. The van der Waals surface area contributed by atoms with Crippen LogP contribution in [-0.2, 0) is 6.42 Å². The third-order valence-corrected chi connectivity index (χ3v) is 1.47. The van der Waals surface area contributed by atoms with E-state index < -0.39 is 0 Å². The van der Waals surface area contributed by atoms with E-state index in [0.29, 0.717) is 23.1 Å². The number of thiocarbonyl (C=S) groups is 1. The molecule has 0 saturated heterocycles. The Morgan fingerprint density at radius 2 is 2.33 bits per heavy atom. The van der Waals surface area contributed by atoms with Crippen LogP contribution in [0.1, 0.15) is 31.5 Å². The van der Waals surface area contributed by atoms with Gasteiger partial charge in [-0.3, -0.25) is 0 Å². The van der Waals surface area contributed by atoms with Gasteiger partial charge in [-0.15, -0.1) is 0 Å². The van der Waals surface area contributed by atoms with E-state index in [0.717, 1.165) is 0 Å². The number of nitrogens with two attached hydrogens (primary N) is 1. The molecule has 0 radical (unpaired) electrons. The first-order valence-corrected chi connectivity index (χ1v) is 4.11. The molecule has 0 amide bonds. The zero-order valence-electron chi connectivity index (χ0n) is 7.07. The summed E-state index contributed by atoms with van der Waals surface area (Å²) in [6.45, 7) is 3.99. The predicted molar refractivity (Wildman–Crippen MR) is 48.9 cm³/mol. The Hall–Kier alpha value is -0.970. The normalized spacial score (nSPS) is 10.6. The van der Waals surface area contributed by atoms with Crippen molar-refractivity contribution in [2.45, 2.75) is 26.2 Å². The molecular formula is C7H11N3OS. The molecule has 66 valence electrons. The second-order valence-corrected chi connectivity index (χ2v) is 3.37. The van der Waals surface area contributed by atoms with E-state index >= 15 is 0 Å². The fraction of sp³-hybridized carbons (Fsp3) is 0.571. The summed E-state index contributed by atoms with van der Waals surface area (Å²) in [6.07, 6.45) is 0.384. The molecule has 0 unspecified atom stereocenters. The van der Waals surface area contributed by atoms with Gasteiger partial charge in [0, 0.05) is 5.92 Å². The molecule has 0 fully saturated rings. The molecule has 2 N–H and O–H groups in total. The molecule has 0 aliphatic heterocycles. The highest BCUT2D eigenvalue weighted by atomic mass is 32.1. The van der Waals surface area contributed by atoms with E-state index in [1.165, 1.54) is 0 Å². The molecule has 0 saturated carbocycles. The van der Waals surface area contributed by atoms with Crippen molar-refractivity contribution in [3.05, 3.63) is 11.7 Å². The lowest BCUT2D eigenvalue weighted by molar-refractivity contribution is 0.380. The summed E-state index contributed by atoms with van der Waals surface area (Å²) in [5.74, 6) is 1.46. The smallest absolute Gasteiger partial charge is 0.233 e. The van der Waals surface area contributed by atoms with Crippen LogP contribution < -0.4 is 5.73 Å². The van der Waals surface area contributed by atoms with Crippen LogP contribution >= 0.6 is 12.2 Å². The van der Waals surface area contributed by atoms with Crippen LogP contribution in [0.4, 0.5) is 0 Å². The zero-order valence-corrected chi connectivity index (χ0v) is 7.89. The third-order valence-electron chi connectivity index (χ3n) is 1.33. The molecule has 5 heteroatoms. The maximum atomic E-state index is 5.31. The highest BCUT2D eigenvalue weighted by Crippen LogP contribution is 2.09. The van der Waals surface area contributed by atoms with E-state index in [1.807, 2.05) is 13.8 Å². The van der Waals surface area contributed by atoms with Crippen LogP contribution in [0.15, 0.2) is 4.52 Å². The Morgan fingerprint density at radius 3 is 2.75 bits per heavy atom. The molecule has 0 aromatic carbocycles. The molecule has 1 rings (SSSR count). The Morgan fingerprint density at radius 1 is 1.67 bits per heavy atom. The van der Waals surface area contributed by atoms with Gasteiger partial charge in [0.1, 0.15) is 0 Å². The van der Waals surface area contributed by atoms with Gasteiger partial charge in [0.15, 0.2) is 5.82 Å². The fourth-order valence-corrected chi connectivity index (χ4v) is 0.847. The third kappa shape index (κ3) is 2.27. The summed E-state index contributed by atoms with van der Waals surface area (Å²) in [5, 5.41) is 3.77. The number of hydrogen-bond acceptors (Lipinski definition) is 4. The highest BCUT2D eigenvalue weighted by Gasteiger charge is 2.09. The van der Waals surface area contributed by atoms with Crippen LogP contribution in [0.3, 0.4) is 0 Å². The first kappa shape index (κ1) is 9.12. The van der Waals surface area contributed by atoms with E-state index in [1.54, 1.807) is 0 Å². The molecule has 1 aromatic rings. The molecule has 0 spiro atoms. The van der Waals surface area contributed by atoms with Crippen molar-refractivity contribution >= 4 is 17.2 Å². The van der Waals surface area contributed by atoms with Gasteiger partial charge in [0.25, 0.3) is 0 Å². The van der Waals surface area contributed by atoms with Crippen LogP contribution in [0.2, 0.25) is 0 Å². The lowest BCUT2D eigenvalue weighted by Gasteiger charge is -1.92. The van der Waals surface area contributed by atoms with Gasteiger partial charge in [0.2, 0.25) is 5.89 Å². The van der Waals surface area contributed by atoms with Crippen LogP contribution in [-0.4, -0.2) is 15.1 Å². The van der Waals surface area contributed by atoms with Crippen molar-refractivity contribution in [2.24, 2.45) is 5.73 Å². The molecular weight excluding hydrogens is 174 g/mol. The molecule has 4 nitrogen and oxygen atoms in total. The van der Waals surface area contributed by atoms with Gasteiger partial charge >= 0.3 is 0 Å². The second-order valence-electron chi connectivity index (χ2n) is 2.84. The van der Waals surface area contributed by atoms with Crippen LogP contribution in [0.25, 0.3) is 0 Å². The molecule has 0 bridgehead atoms. The number of hydrogen-bond donors (Lipinski definition) is 1. The summed E-state index contributed by atoms with van der Waals surface area (Å²) < 4.78 is 4.91. The predicted octanol–water partition coefficient (Wildman–Crippen LogP) is 1.02. The lowest BCUT2D eigenvalue weighted by Crippen LogP contribution is -2.11. The summed E-state index contributed by atoms with van der Waals surface area (Å²) in [4.78, 5) is 4.47. The first-order valence-electron chi connectivity index (χ1n) is 3.70. The molecule has 12 heavy (non-hydrogen) atoms. The molecule has 0 atom stereocenters. The van der Waals surface area contributed by atoms with Gasteiger partial charge in [-0.25, -0.2) is 0 Å². The molecule has 1 aromatic heterocycles. The number of rotatable bonds is 3. The van der Waals surface area contributed by atoms with Crippen LogP contribution in [0.5, 0.6) is 0 Å². The van der Waals surface area contributed by atoms with Crippen molar-refractivity contribution in [1.29, 1.82) is 0 Å². The minimum atomic E-state index is 0.272.